The molecule has 0 atom stereocenters. The zero-order valence-corrected chi connectivity index (χ0v) is 27.0. The van der Waals surface area contributed by atoms with Crippen molar-refractivity contribution in [2.75, 3.05) is 7.05 Å². The number of hydrogen-bond acceptors (Lipinski definition) is 3. The number of hydrogen-bond donors (Lipinski definition) is 1. The number of ketones is 1. The largest absolute Gasteiger partial charge is 0.481 e. The molecule has 45 heavy (non-hydrogen) atoms. The van der Waals surface area contributed by atoms with E-state index in [1.807, 2.05) is 34.9 Å². The number of carbonyl (C=O) groups excluding carboxylic acids is 1. The van der Waals surface area contributed by atoms with Gasteiger partial charge in [0.05, 0.1) is 18.8 Å². The van der Waals surface area contributed by atoms with Gasteiger partial charge in [-0.1, -0.05) is 52.0 Å². The topological polar surface area (TPSA) is 71.7 Å². The van der Waals surface area contributed by atoms with Gasteiger partial charge in [0.1, 0.15) is 22.9 Å². The van der Waals surface area contributed by atoms with Crippen LogP contribution in [0.5, 0.6) is 0 Å². The van der Waals surface area contributed by atoms with Crippen LogP contribution in [0.25, 0.3) is 5.52 Å². The van der Waals surface area contributed by atoms with Crippen molar-refractivity contribution in [3.63, 3.8) is 0 Å². The van der Waals surface area contributed by atoms with Gasteiger partial charge in [0.2, 0.25) is 0 Å². The molecular formula is C39H44N3O3+. The number of carboxylic acid groups (broad SMARTS) is 1. The summed E-state index contributed by atoms with van der Waals surface area (Å²) < 4.78 is 2.36. The minimum atomic E-state index is -0.823. The quantitative estimate of drug-likeness (QED) is 0.108. The standard InChI is InChI=1S/C39H43N3O3/c1-27(2)24-29-11-17-32(18-12-29)42(5,33-19-13-30(14-20-33)25-28(3)4)34-21-15-31(16-22-34)39(45)35-8-7-23-41-36(35)26-40-37(41)9-6-10-38(43)44/h7-8,11-23,26-28H,6,9-10,24-25H2,1-5H3/p+1. The Balaban J connectivity index is 1.48. The number of aromatic nitrogens is 2. The van der Waals surface area contributed by atoms with E-state index in [1.165, 1.54) is 11.1 Å². The zero-order chi connectivity index (χ0) is 32.1. The Kier molecular flexibility index (Phi) is 9.64. The van der Waals surface area contributed by atoms with Crippen LogP contribution in [0.2, 0.25) is 0 Å². The van der Waals surface area contributed by atoms with E-state index in [0.29, 0.717) is 40.3 Å². The first-order chi connectivity index (χ1) is 21.6. The van der Waals surface area contributed by atoms with Gasteiger partial charge in [0, 0.05) is 66.6 Å². The molecule has 1 N–H and O–H groups in total. The third-order valence-corrected chi connectivity index (χ3v) is 8.52. The van der Waals surface area contributed by atoms with Crippen LogP contribution in [0.4, 0.5) is 17.1 Å². The molecule has 0 aliphatic carbocycles. The van der Waals surface area contributed by atoms with Gasteiger partial charge in [-0.2, -0.15) is 0 Å². The summed E-state index contributed by atoms with van der Waals surface area (Å²) in [7, 11) is 2.21. The molecule has 0 amide bonds. The number of aryl methyl sites for hydroxylation is 1. The van der Waals surface area contributed by atoms with E-state index < -0.39 is 5.97 Å². The van der Waals surface area contributed by atoms with E-state index in [1.54, 1.807) is 6.20 Å². The average molecular weight is 603 g/mol. The van der Waals surface area contributed by atoms with Gasteiger partial charge < -0.3 is 9.51 Å². The van der Waals surface area contributed by atoms with Crippen molar-refractivity contribution in [3.8, 4) is 0 Å². The molecule has 0 saturated heterocycles. The van der Waals surface area contributed by atoms with Crippen LogP contribution in [-0.2, 0) is 24.1 Å². The Morgan fingerprint density at radius 2 is 1.29 bits per heavy atom. The fraction of sp³-hybridized carbons (Fsp3) is 0.308. The minimum Gasteiger partial charge on any atom is -0.481 e. The van der Waals surface area contributed by atoms with Gasteiger partial charge in [-0.05, 0) is 66.5 Å². The van der Waals surface area contributed by atoms with E-state index in [2.05, 4.69) is 100 Å². The molecule has 6 nitrogen and oxygen atoms in total. The molecule has 2 aromatic heterocycles. The predicted octanol–water partition coefficient (Wildman–Crippen LogP) is 8.97. The van der Waals surface area contributed by atoms with E-state index in [-0.39, 0.29) is 12.2 Å². The molecule has 6 heteroatoms. The van der Waals surface area contributed by atoms with Crippen LogP contribution in [0, 0.1) is 11.8 Å². The number of nitrogens with zero attached hydrogens (tertiary/aromatic N) is 3. The van der Waals surface area contributed by atoms with Crippen LogP contribution in [-0.4, -0.2) is 33.3 Å². The van der Waals surface area contributed by atoms with E-state index >= 15 is 0 Å². The number of imidazole rings is 1. The molecule has 2 heterocycles. The summed E-state index contributed by atoms with van der Waals surface area (Å²) >= 11 is 0. The third kappa shape index (κ3) is 7.07. The normalized spacial score (nSPS) is 11.9. The van der Waals surface area contributed by atoms with Crippen molar-refractivity contribution in [2.45, 2.75) is 59.8 Å². The molecule has 0 bridgehead atoms. The Labute approximate surface area is 266 Å². The van der Waals surface area contributed by atoms with Crippen LogP contribution >= 0.6 is 0 Å². The van der Waals surface area contributed by atoms with Gasteiger partial charge in [-0.3, -0.25) is 9.59 Å². The van der Waals surface area contributed by atoms with Crippen molar-refractivity contribution in [1.82, 2.24) is 13.9 Å². The molecule has 0 saturated carbocycles. The number of carbonyl (C=O) groups is 2. The van der Waals surface area contributed by atoms with Gasteiger partial charge in [0.25, 0.3) is 0 Å². The summed E-state index contributed by atoms with van der Waals surface area (Å²) in [5.74, 6) is 1.04. The molecular weight excluding hydrogens is 558 g/mol. The number of benzene rings is 3. The first kappa shape index (κ1) is 31.9. The highest BCUT2D eigenvalue weighted by atomic mass is 16.4. The molecule has 0 radical (unpaired) electrons. The van der Waals surface area contributed by atoms with Gasteiger partial charge in [-0.25, -0.2) is 9.47 Å². The minimum absolute atomic E-state index is 0.0746. The summed E-state index contributed by atoms with van der Waals surface area (Å²) in [4.78, 5) is 29.3. The first-order valence-corrected chi connectivity index (χ1v) is 15.9. The summed E-state index contributed by atoms with van der Waals surface area (Å²) in [6, 6.07) is 29.5. The number of fused-ring (bicyclic) bond motifs is 1. The average Bonchev–Trinajstić information content (AvgIpc) is 3.43. The fourth-order valence-corrected chi connectivity index (χ4v) is 6.17. The van der Waals surface area contributed by atoms with Gasteiger partial charge in [0.15, 0.2) is 5.78 Å². The molecule has 3 aromatic carbocycles. The highest BCUT2D eigenvalue weighted by Crippen LogP contribution is 2.42. The van der Waals surface area contributed by atoms with Crippen LogP contribution in [0.1, 0.15) is 73.4 Å². The Bertz CT molecular complexity index is 1710. The maximum atomic E-state index is 13.8. The molecule has 0 fully saturated rings. The highest BCUT2D eigenvalue weighted by molar-refractivity contribution is 6.13. The maximum absolute atomic E-state index is 13.8. The number of quaternary nitrogens is 1. The summed E-state index contributed by atoms with van der Waals surface area (Å²) in [6.45, 7) is 8.96. The Hall–Kier alpha value is -4.55. The van der Waals surface area contributed by atoms with Crippen molar-refractivity contribution >= 4 is 34.3 Å². The molecule has 232 valence electrons. The molecule has 5 rings (SSSR count). The predicted molar refractivity (Wildman–Crippen MR) is 183 cm³/mol. The number of aliphatic carboxylic acids is 1. The molecule has 0 aliphatic rings. The molecule has 5 aromatic rings. The lowest BCUT2D eigenvalue weighted by Crippen LogP contribution is -2.33. The van der Waals surface area contributed by atoms with E-state index in [0.717, 1.165) is 41.2 Å². The Morgan fingerprint density at radius 3 is 1.78 bits per heavy atom. The lowest BCUT2D eigenvalue weighted by molar-refractivity contribution is -0.137. The molecule has 0 aliphatic heterocycles. The van der Waals surface area contributed by atoms with Crippen LogP contribution < -0.4 is 4.48 Å². The molecule has 0 spiro atoms. The maximum Gasteiger partial charge on any atom is 0.303 e. The van der Waals surface area contributed by atoms with Gasteiger partial charge >= 0.3 is 5.97 Å². The van der Waals surface area contributed by atoms with E-state index in [9.17, 15) is 9.59 Å². The summed E-state index contributed by atoms with van der Waals surface area (Å²) in [5.41, 5.74) is 7.91. The molecule has 0 unspecified atom stereocenters. The number of carboxylic acids is 1. The smallest absolute Gasteiger partial charge is 0.303 e. The zero-order valence-electron chi connectivity index (χ0n) is 27.0. The van der Waals surface area contributed by atoms with Crippen molar-refractivity contribution in [1.29, 1.82) is 0 Å². The third-order valence-electron chi connectivity index (χ3n) is 8.52. The lowest BCUT2D eigenvalue weighted by atomic mass is 9.99. The number of rotatable bonds is 13. The van der Waals surface area contributed by atoms with Crippen molar-refractivity contribution in [2.24, 2.45) is 11.8 Å². The van der Waals surface area contributed by atoms with Crippen molar-refractivity contribution in [3.05, 3.63) is 125 Å². The van der Waals surface area contributed by atoms with Crippen molar-refractivity contribution < 1.29 is 14.7 Å². The number of pyridine rings is 1. The summed E-state index contributed by atoms with van der Waals surface area (Å²) in [5, 5.41) is 9.00. The van der Waals surface area contributed by atoms with Crippen LogP contribution in [0.15, 0.2) is 97.3 Å². The first-order valence-electron chi connectivity index (χ1n) is 15.9. The highest BCUT2D eigenvalue weighted by Gasteiger charge is 2.32. The lowest BCUT2D eigenvalue weighted by Gasteiger charge is -2.33. The second kappa shape index (κ2) is 13.6. The van der Waals surface area contributed by atoms with E-state index in [4.69, 9.17) is 5.11 Å². The fourth-order valence-electron chi connectivity index (χ4n) is 6.17. The monoisotopic (exact) mass is 602 g/mol. The second-order valence-corrected chi connectivity index (χ2v) is 13.0. The SMILES string of the molecule is CC(C)Cc1ccc([N+](C)(c2ccc(CC(C)C)cc2)c2ccc(C(=O)c3cccn4c(CCCC(=O)O)ncc34)cc2)cc1. The summed E-state index contributed by atoms with van der Waals surface area (Å²) in [6.07, 6.45) is 6.77. The van der Waals surface area contributed by atoms with Crippen LogP contribution in [0.3, 0.4) is 0 Å². The second-order valence-electron chi connectivity index (χ2n) is 13.0. The van der Waals surface area contributed by atoms with Gasteiger partial charge in [-0.15, -0.1) is 0 Å². The Morgan fingerprint density at radius 1 is 0.778 bits per heavy atom.